The molecule has 0 bridgehead atoms. The van der Waals surface area contributed by atoms with Crippen molar-refractivity contribution in [2.75, 3.05) is 5.32 Å². The zero-order valence-electron chi connectivity index (χ0n) is 7.77. The van der Waals surface area contributed by atoms with Crippen LogP contribution >= 0.6 is 12.2 Å². The van der Waals surface area contributed by atoms with Crippen molar-refractivity contribution in [1.82, 2.24) is 4.98 Å². The Hall–Kier alpha value is -1.88. The minimum atomic E-state index is 0.100. The number of aromatic hydroxyl groups is 1. The van der Waals surface area contributed by atoms with E-state index in [1.54, 1.807) is 24.4 Å². The van der Waals surface area contributed by atoms with Gasteiger partial charge in [0.05, 0.1) is 11.2 Å². The van der Waals surface area contributed by atoms with Crippen LogP contribution < -0.4 is 11.1 Å². The summed E-state index contributed by atoms with van der Waals surface area (Å²) in [5, 5.41) is 13.3. The Balaban J connectivity index is 2.68. The van der Waals surface area contributed by atoms with E-state index in [2.05, 4.69) is 10.3 Å². The van der Waals surface area contributed by atoms with Crippen LogP contribution in [-0.4, -0.2) is 15.2 Å². The van der Waals surface area contributed by atoms with Gasteiger partial charge in [0.15, 0.2) is 5.11 Å². The first-order chi connectivity index (χ1) is 7.18. The molecule has 15 heavy (non-hydrogen) atoms. The van der Waals surface area contributed by atoms with Gasteiger partial charge in [-0.05, 0) is 36.5 Å². The van der Waals surface area contributed by atoms with Crippen molar-refractivity contribution in [3.8, 4) is 5.75 Å². The van der Waals surface area contributed by atoms with Gasteiger partial charge in [-0.2, -0.15) is 0 Å². The van der Waals surface area contributed by atoms with Gasteiger partial charge in [-0.3, -0.25) is 4.98 Å². The Morgan fingerprint density at radius 2 is 2.20 bits per heavy atom. The molecule has 0 saturated heterocycles. The zero-order valence-corrected chi connectivity index (χ0v) is 8.58. The van der Waals surface area contributed by atoms with Crippen molar-refractivity contribution in [3.63, 3.8) is 0 Å². The molecule has 0 aliphatic rings. The summed E-state index contributed by atoms with van der Waals surface area (Å²) in [6.45, 7) is 0. The third-order valence-corrected chi connectivity index (χ3v) is 2.11. The second kappa shape index (κ2) is 3.70. The molecule has 1 aromatic heterocycles. The molecule has 2 aromatic rings. The minimum absolute atomic E-state index is 0.100. The fraction of sp³-hybridized carbons (Fsp3) is 0. The van der Waals surface area contributed by atoms with E-state index in [0.29, 0.717) is 5.69 Å². The molecule has 0 spiro atoms. The molecule has 0 aliphatic heterocycles. The first kappa shape index (κ1) is 9.67. The molecular weight excluding hydrogens is 210 g/mol. The van der Waals surface area contributed by atoms with Crippen molar-refractivity contribution in [3.05, 3.63) is 30.5 Å². The first-order valence-corrected chi connectivity index (χ1v) is 4.72. The zero-order chi connectivity index (χ0) is 10.8. The van der Waals surface area contributed by atoms with Crippen LogP contribution in [0.5, 0.6) is 5.75 Å². The molecule has 1 aromatic carbocycles. The van der Waals surface area contributed by atoms with Gasteiger partial charge in [-0.25, -0.2) is 0 Å². The lowest BCUT2D eigenvalue weighted by Crippen LogP contribution is -2.19. The van der Waals surface area contributed by atoms with E-state index < -0.39 is 0 Å². The maximum atomic E-state index is 9.65. The lowest BCUT2D eigenvalue weighted by Gasteiger charge is -2.09. The third-order valence-electron chi connectivity index (χ3n) is 2.01. The Kier molecular flexibility index (Phi) is 2.39. The number of nitrogens with two attached hydrogens (primary N) is 1. The summed E-state index contributed by atoms with van der Waals surface area (Å²) in [4.78, 5) is 4.16. The minimum Gasteiger partial charge on any atom is -0.506 e. The summed E-state index contributed by atoms with van der Waals surface area (Å²) in [6, 6.07) is 6.90. The number of hydrogen-bond donors (Lipinski definition) is 3. The SMILES string of the molecule is NC(=S)Nc1c(O)ccc2ncccc12. The highest BCUT2D eigenvalue weighted by Crippen LogP contribution is 2.30. The number of rotatable bonds is 1. The quantitative estimate of drug-likeness (QED) is 0.502. The highest BCUT2D eigenvalue weighted by Gasteiger charge is 2.07. The predicted molar refractivity (Wildman–Crippen MR) is 63.8 cm³/mol. The lowest BCUT2D eigenvalue weighted by atomic mass is 10.1. The monoisotopic (exact) mass is 219 g/mol. The smallest absolute Gasteiger partial charge is 0.168 e. The van der Waals surface area contributed by atoms with Crippen LogP contribution in [0.15, 0.2) is 30.5 Å². The van der Waals surface area contributed by atoms with Crippen molar-refractivity contribution in [2.24, 2.45) is 5.73 Å². The molecule has 0 amide bonds. The van der Waals surface area contributed by atoms with Gasteiger partial charge in [0.2, 0.25) is 0 Å². The number of benzene rings is 1. The second-order valence-corrected chi connectivity index (χ2v) is 3.46. The molecule has 5 heteroatoms. The average Bonchev–Trinajstić information content (AvgIpc) is 2.22. The van der Waals surface area contributed by atoms with Gasteiger partial charge in [0, 0.05) is 11.6 Å². The topological polar surface area (TPSA) is 71.2 Å². The summed E-state index contributed by atoms with van der Waals surface area (Å²) in [7, 11) is 0. The third kappa shape index (κ3) is 1.82. The predicted octanol–water partition coefficient (Wildman–Crippen LogP) is 1.60. The summed E-state index contributed by atoms with van der Waals surface area (Å²) in [5.41, 5.74) is 6.64. The number of phenols is 1. The Morgan fingerprint density at radius 1 is 1.40 bits per heavy atom. The summed E-state index contributed by atoms with van der Waals surface area (Å²) in [6.07, 6.45) is 1.68. The molecular formula is C10H9N3OS. The van der Waals surface area contributed by atoms with E-state index in [-0.39, 0.29) is 10.9 Å². The fourth-order valence-electron chi connectivity index (χ4n) is 1.40. The first-order valence-electron chi connectivity index (χ1n) is 4.31. The van der Waals surface area contributed by atoms with Crippen LogP contribution in [0.4, 0.5) is 5.69 Å². The molecule has 2 rings (SSSR count). The van der Waals surface area contributed by atoms with Gasteiger partial charge < -0.3 is 16.2 Å². The van der Waals surface area contributed by atoms with E-state index >= 15 is 0 Å². The lowest BCUT2D eigenvalue weighted by molar-refractivity contribution is 0.478. The molecule has 76 valence electrons. The molecule has 0 atom stereocenters. The Labute approximate surface area is 91.7 Å². The number of nitrogens with zero attached hydrogens (tertiary/aromatic N) is 1. The molecule has 0 radical (unpaired) electrons. The molecule has 0 aliphatic carbocycles. The van der Waals surface area contributed by atoms with Crippen molar-refractivity contribution in [1.29, 1.82) is 0 Å². The van der Waals surface area contributed by atoms with E-state index in [1.165, 1.54) is 0 Å². The largest absolute Gasteiger partial charge is 0.506 e. The Bertz CT molecular complexity index is 527. The standard InChI is InChI=1S/C10H9N3OS/c11-10(15)13-9-6-2-1-5-12-7(6)3-4-8(9)14/h1-5,14H,(H3,11,13,15). The fourth-order valence-corrected chi connectivity index (χ4v) is 1.50. The van der Waals surface area contributed by atoms with Crippen LogP contribution in [0.2, 0.25) is 0 Å². The highest BCUT2D eigenvalue weighted by molar-refractivity contribution is 7.80. The van der Waals surface area contributed by atoms with Crippen molar-refractivity contribution >= 4 is 33.9 Å². The van der Waals surface area contributed by atoms with Crippen LogP contribution in [-0.2, 0) is 0 Å². The maximum absolute atomic E-state index is 9.65. The number of hydrogen-bond acceptors (Lipinski definition) is 3. The molecule has 0 fully saturated rings. The van der Waals surface area contributed by atoms with E-state index in [1.807, 2.05) is 6.07 Å². The van der Waals surface area contributed by atoms with Crippen LogP contribution in [0.3, 0.4) is 0 Å². The summed E-state index contributed by atoms with van der Waals surface area (Å²) >= 11 is 4.74. The number of fused-ring (bicyclic) bond motifs is 1. The maximum Gasteiger partial charge on any atom is 0.168 e. The second-order valence-electron chi connectivity index (χ2n) is 3.02. The number of anilines is 1. The molecule has 4 nitrogen and oxygen atoms in total. The van der Waals surface area contributed by atoms with Crippen molar-refractivity contribution in [2.45, 2.75) is 0 Å². The summed E-state index contributed by atoms with van der Waals surface area (Å²) in [5.74, 6) is 0.100. The summed E-state index contributed by atoms with van der Waals surface area (Å²) < 4.78 is 0. The van der Waals surface area contributed by atoms with Crippen LogP contribution in [0, 0.1) is 0 Å². The number of nitrogens with one attached hydrogen (secondary N) is 1. The number of thiocarbonyl (C=S) groups is 1. The van der Waals surface area contributed by atoms with Gasteiger partial charge in [0.25, 0.3) is 0 Å². The molecule has 1 heterocycles. The van der Waals surface area contributed by atoms with Crippen molar-refractivity contribution < 1.29 is 5.11 Å². The molecule has 0 unspecified atom stereocenters. The van der Waals surface area contributed by atoms with Gasteiger partial charge in [-0.15, -0.1) is 0 Å². The van der Waals surface area contributed by atoms with Crippen LogP contribution in [0.25, 0.3) is 10.9 Å². The van der Waals surface area contributed by atoms with Gasteiger partial charge >= 0.3 is 0 Å². The van der Waals surface area contributed by atoms with E-state index in [4.69, 9.17) is 18.0 Å². The van der Waals surface area contributed by atoms with Gasteiger partial charge in [-0.1, -0.05) is 0 Å². The van der Waals surface area contributed by atoms with E-state index in [9.17, 15) is 5.11 Å². The van der Waals surface area contributed by atoms with Crippen LogP contribution in [0.1, 0.15) is 0 Å². The number of pyridine rings is 1. The van der Waals surface area contributed by atoms with E-state index in [0.717, 1.165) is 10.9 Å². The molecule has 4 N–H and O–H groups in total. The number of phenolic OH excluding ortho intramolecular Hbond substituents is 1. The van der Waals surface area contributed by atoms with Gasteiger partial charge in [0.1, 0.15) is 5.75 Å². The normalized spacial score (nSPS) is 10.1. The molecule has 0 saturated carbocycles. The Morgan fingerprint density at radius 3 is 2.93 bits per heavy atom. The number of aromatic nitrogens is 1. The highest BCUT2D eigenvalue weighted by atomic mass is 32.1. The average molecular weight is 219 g/mol.